The molecule has 0 aliphatic rings. The lowest BCUT2D eigenvalue weighted by molar-refractivity contribution is 0.764. The summed E-state index contributed by atoms with van der Waals surface area (Å²) >= 11 is 5.58. The van der Waals surface area contributed by atoms with Crippen molar-refractivity contribution in [1.29, 1.82) is 0 Å². The predicted molar refractivity (Wildman–Crippen MR) is 50.4 cm³/mol. The Morgan fingerprint density at radius 3 is 3.00 bits per heavy atom. The molecule has 0 amide bonds. The van der Waals surface area contributed by atoms with Crippen LogP contribution < -0.4 is 5.56 Å². The number of rotatable bonds is 2. The van der Waals surface area contributed by atoms with E-state index in [0.29, 0.717) is 11.6 Å². The van der Waals surface area contributed by atoms with Crippen LogP contribution in [0, 0.1) is 6.92 Å². The average Bonchev–Trinajstić information content (AvgIpc) is 1.98. The molecule has 0 aliphatic carbocycles. The van der Waals surface area contributed by atoms with Crippen molar-refractivity contribution in [1.82, 2.24) is 4.57 Å². The zero-order valence-corrected chi connectivity index (χ0v) is 7.64. The highest BCUT2D eigenvalue weighted by molar-refractivity contribution is 6.29. The van der Waals surface area contributed by atoms with E-state index in [1.54, 1.807) is 19.2 Å². The van der Waals surface area contributed by atoms with Gasteiger partial charge in [0.2, 0.25) is 0 Å². The van der Waals surface area contributed by atoms with Gasteiger partial charge in [-0.3, -0.25) is 4.79 Å². The van der Waals surface area contributed by atoms with Crippen LogP contribution in [0.2, 0.25) is 0 Å². The Labute approximate surface area is 76.1 Å². The number of pyridine rings is 1. The minimum atomic E-state index is -0.0145. The van der Waals surface area contributed by atoms with Crippen molar-refractivity contribution in [3.05, 3.63) is 45.9 Å². The second-order valence-corrected chi connectivity index (χ2v) is 3.18. The summed E-state index contributed by atoms with van der Waals surface area (Å²) in [4.78, 5) is 11.4. The van der Waals surface area contributed by atoms with Crippen LogP contribution in [0.4, 0.5) is 0 Å². The molecule has 0 radical (unpaired) electrons. The lowest BCUT2D eigenvalue weighted by atomic mass is 10.3. The molecule has 0 aromatic carbocycles. The number of allylic oxidation sites excluding steroid dienone is 1. The van der Waals surface area contributed by atoms with Gasteiger partial charge in [-0.25, -0.2) is 0 Å². The van der Waals surface area contributed by atoms with Gasteiger partial charge in [0.05, 0.1) is 6.54 Å². The third kappa shape index (κ3) is 1.98. The molecule has 0 bridgehead atoms. The molecule has 3 heteroatoms. The Balaban J connectivity index is 3.09. The summed E-state index contributed by atoms with van der Waals surface area (Å²) in [7, 11) is 0. The zero-order valence-electron chi connectivity index (χ0n) is 6.88. The fourth-order valence-electron chi connectivity index (χ4n) is 0.966. The minimum Gasteiger partial charge on any atom is -0.310 e. The maximum absolute atomic E-state index is 11.4. The molecule has 0 spiro atoms. The number of aromatic nitrogens is 1. The Bertz CT molecular complexity index is 354. The predicted octanol–water partition coefficient (Wildman–Crippen LogP) is 1.91. The van der Waals surface area contributed by atoms with E-state index in [4.69, 9.17) is 11.6 Å². The highest BCUT2D eigenvalue weighted by Crippen LogP contribution is 1.99. The van der Waals surface area contributed by atoms with Crippen molar-refractivity contribution in [3.63, 3.8) is 0 Å². The molecule has 0 atom stereocenters. The Morgan fingerprint density at radius 2 is 2.42 bits per heavy atom. The molecule has 12 heavy (non-hydrogen) atoms. The summed E-state index contributed by atoms with van der Waals surface area (Å²) in [5, 5.41) is 0.461. The van der Waals surface area contributed by atoms with Gasteiger partial charge in [0.1, 0.15) is 0 Å². The van der Waals surface area contributed by atoms with Crippen LogP contribution in [-0.4, -0.2) is 4.57 Å². The molecular weight excluding hydrogens is 174 g/mol. The molecule has 64 valence electrons. The van der Waals surface area contributed by atoms with Crippen molar-refractivity contribution >= 4 is 11.6 Å². The molecule has 1 aromatic rings. The molecule has 1 aromatic heterocycles. The van der Waals surface area contributed by atoms with Gasteiger partial charge in [-0.05, 0) is 13.0 Å². The molecule has 1 rings (SSSR count). The summed E-state index contributed by atoms with van der Waals surface area (Å²) < 4.78 is 1.53. The van der Waals surface area contributed by atoms with E-state index in [1.165, 1.54) is 4.57 Å². The van der Waals surface area contributed by atoms with Crippen molar-refractivity contribution in [2.45, 2.75) is 13.5 Å². The van der Waals surface area contributed by atoms with E-state index in [2.05, 4.69) is 6.58 Å². The first-order valence-electron chi connectivity index (χ1n) is 3.60. The number of aryl methyl sites for hydroxylation is 1. The topological polar surface area (TPSA) is 22.0 Å². The molecule has 0 aliphatic heterocycles. The smallest absolute Gasteiger partial charge is 0.253 e. The Kier molecular flexibility index (Phi) is 2.71. The van der Waals surface area contributed by atoms with Crippen LogP contribution in [-0.2, 0) is 6.54 Å². The first-order valence-corrected chi connectivity index (χ1v) is 3.98. The molecular formula is C9H10ClNO. The van der Waals surface area contributed by atoms with Crippen LogP contribution in [0.5, 0.6) is 0 Å². The third-order valence-corrected chi connectivity index (χ3v) is 1.67. The average molecular weight is 184 g/mol. The summed E-state index contributed by atoms with van der Waals surface area (Å²) in [6.45, 7) is 5.68. The van der Waals surface area contributed by atoms with E-state index in [9.17, 15) is 4.79 Å². The fraction of sp³-hybridized carbons (Fsp3) is 0.222. The van der Waals surface area contributed by atoms with E-state index >= 15 is 0 Å². The van der Waals surface area contributed by atoms with Gasteiger partial charge in [-0.1, -0.05) is 24.2 Å². The molecule has 2 nitrogen and oxygen atoms in total. The molecule has 0 N–H and O–H groups in total. The monoisotopic (exact) mass is 183 g/mol. The van der Waals surface area contributed by atoms with Crippen molar-refractivity contribution < 1.29 is 0 Å². The van der Waals surface area contributed by atoms with Gasteiger partial charge in [0.15, 0.2) is 0 Å². The van der Waals surface area contributed by atoms with Gasteiger partial charge in [-0.15, -0.1) is 0 Å². The second kappa shape index (κ2) is 3.59. The summed E-state index contributed by atoms with van der Waals surface area (Å²) in [6, 6.07) is 3.59. The summed E-state index contributed by atoms with van der Waals surface area (Å²) in [5.41, 5.74) is 0.703. The van der Waals surface area contributed by atoms with Crippen molar-refractivity contribution in [3.8, 4) is 0 Å². The van der Waals surface area contributed by atoms with E-state index in [1.807, 2.05) is 6.07 Å². The van der Waals surface area contributed by atoms with Crippen LogP contribution in [0.3, 0.4) is 0 Å². The highest BCUT2D eigenvalue weighted by atomic mass is 35.5. The molecule has 0 saturated heterocycles. The van der Waals surface area contributed by atoms with Crippen LogP contribution in [0.15, 0.2) is 34.7 Å². The normalized spacial score (nSPS) is 9.83. The van der Waals surface area contributed by atoms with Crippen LogP contribution in [0.1, 0.15) is 5.56 Å². The number of halogens is 1. The molecule has 0 unspecified atom stereocenters. The number of hydrogen-bond donors (Lipinski definition) is 0. The van der Waals surface area contributed by atoms with Crippen molar-refractivity contribution in [2.75, 3.05) is 0 Å². The number of hydrogen-bond acceptors (Lipinski definition) is 1. The minimum absolute atomic E-state index is 0.0145. The standard InChI is InChI=1S/C9H10ClNO/c1-7-4-3-5-11(9(7)12)6-8(2)10/h3-5H,2,6H2,1H3. The SMILES string of the molecule is C=C(Cl)Cn1cccc(C)c1=O. The molecule has 1 heterocycles. The zero-order chi connectivity index (χ0) is 9.14. The summed E-state index contributed by atoms with van der Waals surface area (Å²) in [5.74, 6) is 0. The number of nitrogens with zero attached hydrogens (tertiary/aromatic N) is 1. The van der Waals surface area contributed by atoms with Gasteiger partial charge < -0.3 is 4.57 Å². The Morgan fingerprint density at radius 1 is 1.75 bits per heavy atom. The largest absolute Gasteiger partial charge is 0.310 e. The van der Waals surface area contributed by atoms with E-state index < -0.39 is 0 Å². The first-order chi connectivity index (χ1) is 5.61. The lowest BCUT2D eigenvalue weighted by Crippen LogP contribution is -2.21. The third-order valence-electron chi connectivity index (χ3n) is 1.55. The van der Waals surface area contributed by atoms with Crippen molar-refractivity contribution in [2.24, 2.45) is 0 Å². The van der Waals surface area contributed by atoms with E-state index in [0.717, 1.165) is 5.56 Å². The quantitative estimate of drug-likeness (QED) is 0.687. The first kappa shape index (κ1) is 9.07. The lowest BCUT2D eigenvalue weighted by Gasteiger charge is -2.03. The highest BCUT2D eigenvalue weighted by Gasteiger charge is 1.97. The molecule has 0 saturated carbocycles. The van der Waals surface area contributed by atoms with Crippen LogP contribution in [0.25, 0.3) is 0 Å². The van der Waals surface area contributed by atoms with Gasteiger partial charge in [0, 0.05) is 16.8 Å². The van der Waals surface area contributed by atoms with Gasteiger partial charge in [0.25, 0.3) is 5.56 Å². The van der Waals surface area contributed by atoms with E-state index in [-0.39, 0.29) is 5.56 Å². The van der Waals surface area contributed by atoms with Gasteiger partial charge >= 0.3 is 0 Å². The Hall–Kier alpha value is -1.02. The fourth-order valence-corrected chi connectivity index (χ4v) is 1.09. The summed E-state index contributed by atoms with van der Waals surface area (Å²) in [6.07, 6.45) is 1.70. The second-order valence-electron chi connectivity index (χ2n) is 2.64. The maximum Gasteiger partial charge on any atom is 0.253 e. The van der Waals surface area contributed by atoms with Crippen LogP contribution >= 0.6 is 11.6 Å². The maximum atomic E-state index is 11.4. The van der Waals surface area contributed by atoms with Gasteiger partial charge in [-0.2, -0.15) is 0 Å². The molecule has 0 fully saturated rings.